The molecule has 0 saturated heterocycles. The Morgan fingerprint density at radius 2 is 1.55 bits per heavy atom. The summed E-state index contributed by atoms with van der Waals surface area (Å²) in [7, 11) is -7.31. The zero-order valence-electron chi connectivity index (χ0n) is 16.9. The van der Waals surface area contributed by atoms with Crippen LogP contribution in [0, 0.1) is 0 Å². The van der Waals surface area contributed by atoms with Crippen molar-refractivity contribution in [1.29, 1.82) is 0 Å². The number of carbonyl (C=O) groups excluding carboxylic acids is 1. The lowest BCUT2D eigenvalue weighted by atomic mass is 10.2. The van der Waals surface area contributed by atoms with E-state index in [1.165, 1.54) is 48.7 Å². The number of nitrogens with one attached hydrogen (secondary N) is 2. The lowest BCUT2D eigenvalue weighted by molar-refractivity contribution is 0.0995. The largest absolute Gasteiger partial charge is 0.459 e. The SMILES string of the molecule is CC(C)NS(=O)(=O)c1ccc(NC(=O)c2occc2CS(=O)(=O)c2ccccc2)cc1. The van der Waals surface area contributed by atoms with Crippen molar-refractivity contribution in [1.82, 2.24) is 4.72 Å². The Labute approximate surface area is 181 Å². The Hall–Kier alpha value is -2.95. The van der Waals surface area contributed by atoms with Gasteiger partial charge in [0.1, 0.15) is 0 Å². The van der Waals surface area contributed by atoms with Crippen LogP contribution in [0.2, 0.25) is 0 Å². The molecule has 0 aliphatic rings. The molecule has 0 aliphatic heterocycles. The van der Waals surface area contributed by atoms with E-state index < -0.39 is 31.5 Å². The van der Waals surface area contributed by atoms with Crippen LogP contribution in [0.3, 0.4) is 0 Å². The Balaban J connectivity index is 1.75. The maximum atomic E-state index is 12.6. The van der Waals surface area contributed by atoms with Crippen LogP contribution in [-0.2, 0) is 25.6 Å². The van der Waals surface area contributed by atoms with E-state index in [-0.39, 0.29) is 27.2 Å². The molecule has 1 aromatic heterocycles. The van der Waals surface area contributed by atoms with Crippen LogP contribution in [0.25, 0.3) is 0 Å². The van der Waals surface area contributed by atoms with E-state index in [4.69, 9.17) is 4.42 Å². The molecule has 8 nitrogen and oxygen atoms in total. The highest BCUT2D eigenvalue weighted by atomic mass is 32.2. The molecule has 1 heterocycles. The molecule has 2 aromatic carbocycles. The minimum absolute atomic E-state index is 0.0619. The number of hydrogen-bond donors (Lipinski definition) is 2. The molecule has 0 spiro atoms. The minimum Gasteiger partial charge on any atom is -0.459 e. The standard InChI is InChI=1S/C21H22N2O6S2/c1-15(2)23-31(27,28)19-10-8-17(9-11-19)22-21(24)20-16(12-13-29-20)14-30(25,26)18-6-4-3-5-7-18/h3-13,15,23H,14H2,1-2H3,(H,22,24). The molecular weight excluding hydrogens is 440 g/mol. The maximum Gasteiger partial charge on any atom is 0.291 e. The monoisotopic (exact) mass is 462 g/mol. The second kappa shape index (κ2) is 9.04. The van der Waals surface area contributed by atoms with Gasteiger partial charge in [-0.05, 0) is 56.3 Å². The molecule has 1 amide bonds. The Kier molecular flexibility index (Phi) is 6.63. The number of carbonyl (C=O) groups is 1. The van der Waals surface area contributed by atoms with E-state index in [0.717, 1.165) is 0 Å². The van der Waals surface area contributed by atoms with E-state index in [2.05, 4.69) is 10.0 Å². The smallest absolute Gasteiger partial charge is 0.291 e. The van der Waals surface area contributed by atoms with E-state index in [0.29, 0.717) is 5.69 Å². The summed E-state index contributed by atoms with van der Waals surface area (Å²) in [6.45, 7) is 3.43. The number of benzene rings is 2. The van der Waals surface area contributed by atoms with E-state index in [9.17, 15) is 21.6 Å². The molecule has 0 radical (unpaired) electrons. The molecule has 0 unspecified atom stereocenters. The number of furan rings is 1. The Morgan fingerprint density at radius 3 is 2.16 bits per heavy atom. The van der Waals surface area contributed by atoms with E-state index >= 15 is 0 Å². The van der Waals surface area contributed by atoms with Gasteiger partial charge in [0.15, 0.2) is 15.6 Å². The summed E-state index contributed by atoms with van der Waals surface area (Å²) in [5.41, 5.74) is 0.559. The third-order valence-electron chi connectivity index (χ3n) is 4.21. The maximum absolute atomic E-state index is 12.6. The van der Waals surface area contributed by atoms with Crippen molar-refractivity contribution < 1.29 is 26.0 Å². The molecule has 164 valence electrons. The molecule has 0 aliphatic carbocycles. The van der Waals surface area contributed by atoms with Crippen molar-refractivity contribution >= 4 is 31.5 Å². The molecule has 0 atom stereocenters. The summed E-state index contributed by atoms with van der Waals surface area (Å²) < 4.78 is 57.3. The van der Waals surface area contributed by atoms with E-state index in [1.807, 2.05) is 0 Å². The predicted octanol–water partition coefficient (Wildman–Crippen LogP) is 3.19. The van der Waals surface area contributed by atoms with Crippen LogP contribution in [0.5, 0.6) is 0 Å². The molecule has 0 fully saturated rings. The van der Waals surface area contributed by atoms with Crippen molar-refractivity contribution in [2.75, 3.05) is 5.32 Å². The summed E-state index contributed by atoms with van der Waals surface area (Å²) in [6, 6.07) is 14.7. The number of sulfone groups is 1. The van der Waals surface area contributed by atoms with Crippen molar-refractivity contribution in [2.45, 2.75) is 35.4 Å². The van der Waals surface area contributed by atoms with E-state index in [1.54, 1.807) is 32.0 Å². The van der Waals surface area contributed by atoms with Gasteiger partial charge >= 0.3 is 0 Å². The van der Waals surface area contributed by atoms with Crippen molar-refractivity contribution in [3.63, 3.8) is 0 Å². The molecule has 0 bridgehead atoms. The average molecular weight is 463 g/mol. The molecule has 2 N–H and O–H groups in total. The number of sulfonamides is 1. The first-order chi connectivity index (χ1) is 14.6. The Bertz CT molecular complexity index is 1260. The topological polar surface area (TPSA) is 123 Å². The second-order valence-electron chi connectivity index (χ2n) is 7.10. The molecule has 10 heteroatoms. The molecule has 0 saturated carbocycles. The quantitative estimate of drug-likeness (QED) is 0.530. The first kappa shape index (κ1) is 22.7. The second-order valence-corrected chi connectivity index (χ2v) is 10.8. The number of anilines is 1. The molecular formula is C21H22N2O6S2. The average Bonchev–Trinajstić information content (AvgIpc) is 3.15. The van der Waals surface area contributed by atoms with Gasteiger partial charge < -0.3 is 9.73 Å². The first-order valence-electron chi connectivity index (χ1n) is 9.36. The number of hydrogen-bond acceptors (Lipinski definition) is 6. The van der Waals surface area contributed by atoms with Crippen molar-refractivity contribution in [2.24, 2.45) is 0 Å². The zero-order chi connectivity index (χ0) is 22.6. The van der Waals surface area contributed by atoms with Crippen LogP contribution in [0.4, 0.5) is 5.69 Å². The predicted molar refractivity (Wildman–Crippen MR) is 116 cm³/mol. The third kappa shape index (κ3) is 5.60. The van der Waals surface area contributed by atoms with Crippen molar-refractivity contribution in [3.8, 4) is 0 Å². The van der Waals surface area contributed by atoms with Gasteiger partial charge in [-0.1, -0.05) is 18.2 Å². The van der Waals surface area contributed by atoms with Gasteiger partial charge in [-0.15, -0.1) is 0 Å². The highest BCUT2D eigenvalue weighted by Crippen LogP contribution is 2.21. The molecule has 3 rings (SSSR count). The number of rotatable bonds is 8. The van der Waals surface area contributed by atoms with Gasteiger partial charge in [-0.2, -0.15) is 0 Å². The fraction of sp³-hybridized carbons (Fsp3) is 0.190. The lowest BCUT2D eigenvalue weighted by Crippen LogP contribution is -2.30. The normalized spacial score (nSPS) is 12.1. The Morgan fingerprint density at radius 1 is 0.903 bits per heavy atom. The summed E-state index contributed by atoms with van der Waals surface area (Å²) in [5.74, 6) is -1.16. The van der Waals surface area contributed by atoms with Gasteiger partial charge in [0, 0.05) is 17.3 Å². The highest BCUT2D eigenvalue weighted by Gasteiger charge is 2.23. The van der Waals surface area contributed by atoms with Gasteiger partial charge in [-0.25, -0.2) is 21.6 Å². The minimum atomic E-state index is -3.66. The molecule has 3 aromatic rings. The van der Waals surface area contributed by atoms with Gasteiger partial charge in [0.25, 0.3) is 5.91 Å². The fourth-order valence-electron chi connectivity index (χ4n) is 2.85. The van der Waals surface area contributed by atoms with Gasteiger partial charge in [0.05, 0.1) is 21.8 Å². The summed E-state index contributed by atoms with van der Waals surface area (Å²) >= 11 is 0. The van der Waals surface area contributed by atoms with Crippen LogP contribution in [-0.4, -0.2) is 28.8 Å². The first-order valence-corrected chi connectivity index (χ1v) is 12.5. The summed E-state index contributed by atoms with van der Waals surface area (Å²) in [4.78, 5) is 12.8. The van der Waals surface area contributed by atoms with Crippen molar-refractivity contribution in [3.05, 3.63) is 78.3 Å². The van der Waals surface area contributed by atoms with Crippen LogP contribution in [0.15, 0.2) is 81.1 Å². The summed E-state index contributed by atoms with van der Waals surface area (Å²) in [5, 5.41) is 2.59. The third-order valence-corrected chi connectivity index (χ3v) is 7.57. The van der Waals surface area contributed by atoms with Gasteiger partial charge in [-0.3, -0.25) is 4.79 Å². The zero-order valence-corrected chi connectivity index (χ0v) is 18.5. The summed E-state index contributed by atoms with van der Waals surface area (Å²) in [6.07, 6.45) is 1.25. The lowest BCUT2D eigenvalue weighted by Gasteiger charge is -2.10. The highest BCUT2D eigenvalue weighted by molar-refractivity contribution is 7.90. The van der Waals surface area contributed by atoms with Crippen LogP contribution in [0.1, 0.15) is 30.0 Å². The van der Waals surface area contributed by atoms with Gasteiger partial charge in [0.2, 0.25) is 10.0 Å². The fourth-order valence-corrected chi connectivity index (χ4v) is 5.47. The number of amides is 1. The molecule has 31 heavy (non-hydrogen) atoms. The van der Waals surface area contributed by atoms with Crippen LogP contribution < -0.4 is 10.0 Å². The van der Waals surface area contributed by atoms with Crippen LogP contribution >= 0.6 is 0 Å².